The molecule has 1 aromatic heterocycles. The fraction of sp³-hybridized carbons (Fsp3) is 0.727. The summed E-state index contributed by atoms with van der Waals surface area (Å²) in [6, 6.07) is 0. The van der Waals surface area contributed by atoms with Crippen molar-refractivity contribution in [2.45, 2.75) is 45.8 Å². The van der Waals surface area contributed by atoms with Crippen molar-refractivity contribution in [2.75, 3.05) is 11.9 Å². The topological polar surface area (TPSA) is 29.9 Å². The average Bonchev–Trinajstić information content (AvgIpc) is 2.56. The number of aryl methyl sites for hydroxylation is 2. The van der Waals surface area contributed by atoms with Crippen molar-refractivity contribution in [3.63, 3.8) is 0 Å². The van der Waals surface area contributed by atoms with Gasteiger partial charge < -0.3 is 9.88 Å². The van der Waals surface area contributed by atoms with Gasteiger partial charge in [0.15, 0.2) is 0 Å². The summed E-state index contributed by atoms with van der Waals surface area (Å²) in [4.78, 5) is 4.17. The molecule has 1 rings (SSSR count). The zero-order valence-electron chi connectivity index (χ0n) is 10.1. The molecule has 0 aromatic carbocycles. The Morgan fingerprint density at radius 2 is 2.12 bits per heavy atom. The second-order valence-corrected chi connectivity index (χ2v) is 4.04. The number of unbranched alkanes of at least 4 members (excludes halogenated alkanes) is 1. The van der Waals surface area contributed by atoms with Gasteiger partial charge in [0.2, 0.25) is 5.95 Å². The zero-order chi connectivity index (χ0) is 12.9. The Balaban J connectivity index is 2.57. The molecule has 0 fully saturated rings. The van der Waals surface area contributed by atoms with Crippen LogP contribution in [0.5, 0.6) is 0 Å². The summed E-state index contributed by atoms with van der Waals surface area (Å²) in [5, 5.41) is 3.06. The van der Waals surface area contributed by atoms with Gasteiger partial charge in [0, 0.05) is 19.3 Å². The highest BCUT2D eigenvalue weighted by atomic mass is 19.4. The summed E-state index contributed by atoms with van der Waals surface area (Å²) in [6.07, 6.45) is -1.30. The second-order valence-electron chi connectivity index (χ2n) is 4.04. The van der Waals surface area contributed by atoms with E-state index in [2.05, 4.69) is 17.2 Å². The molecular weight excluding hydrogens is 231 g/mol. The lowest BCUT2D eigenvalue weighted by Crippen LogP contribution is -2.14. The summed E-state index contributed by atoms with van der Waals surface area (Å²) in [5.41, 5.74) is 0.728. The van der Waals surface area contributed by atoms with Crippen LogP contribution in [0, 0.1) is 6.92 Å². The fourth-order valence-electron chi connectivity index (χ4n) is 1.48. The van der Waals surface area contributed by atoms with E-state index in [1.165, 1.54) is 4.57 Å². The lowest BCUT2D eigenvalue weighted by Gasteiger charge is -2.10. The fourth-order valence-corrected chi connectivity index (χ4v) is 1.48. The molecule has 3 nitrogen and oxygen atoms in total. The minimum atomic E-state index is -4.13. The zero-order valence-corrected chi connectivity index (χ0v) is 10.1. The quantitative estimate of drug-likeness (QED) is 0.783. The van der Waals surface area contributed by atoms with E-state index in [-0.39, 0.29) is 6.54 Å². The van der Waals surface area contributed by atoms with Crippen LogP contribution >= 0.6 is 0 Å². The monoisotopic (exact) mass is 249 g/mol. The van der Waals surface area contributed by atoms with Gasteiger partial charge in [0.1, 0.15) is 0 Å². The third-order valence-corrected chi connectivity index (χ3v) is 2.35. The number of imidazole rings is 1. The minimum absolute atomic E-state index is 0.0845. The Morgan fingerprint density at radius 1 is 1.41 bits per heavy atom. The third-order valence-electron chi connectivity index (χ3n) is 2.35. The molecule has 98 valence electrons. The van der Waals surface area contributed by atoms with Crippen LogP contribution in [0.4, 0.5) is 19.1 Å². The molecule has 0 bridgehead atoms. The molecule has 0 spiro atoms. The number of rotatable bonds is 6. The van der Waals surface area contributed by atoms with Gasteiger partial charge in [-0.25, -0.2) is 4.98 Å². The first-order valence-electron chi connectivity index (χ1n) is 5.77. The van der Waals surface area contributed by atoms with E-state index < -0.39 is 12.6 Å². The third kappa shape index (κ3) is 5.10. The maximum absolute atomic E-state index is 12.1. The highest BCUT2D eigenvalue weighted by Gasteiger charge is 2.27. The van der Waals surface area contributed by atoms with Crippen LogP contribution in [0.1, 0.15) is 31.9 Å². The smallest absolute Gasteiger partial charge is 0.356 e. The van der Waals surface area contributed by atoms with Gasteiger partial charge in [-0.2, -0.15) is 13.2 Å². The molecule has 1 heterocycles. The molecule has 17 heavy (non-hydrogen) atoms. The summed E-state index contributed by atoms with van der Waals surface area (Å²) < 4.78 is 37.9. The Morgan fingerprint density at radius 3 is 2.71 bits per heavy atom. The van der Waals surface area contributed by atoms with E-state index in [9.17, 15) is 13.2 Å². The Bertz CT molecular complexity index is 344. The van der Waals surface area contributed by atoms with Gasteiger partial charge in [-0.1, -0.05) is 13.3 Å². The number of halogens is 3. The van der Waals surface area contributed by atoms with Crippen LogP contribution in [-0.2, 0) is 6.54 Å². The molecule has 1 aromatic rings. The van der Waals surface area contributed by atoms with Crippen molar-refractivity contribution >= 4 is 5.95 Å². The first-order valence-corrected chi connectivity index (χ1v) is 5.77. The van der Waals surface area contributed by atoms with Crippen LogP contribution in [0.3, 0.4) is 0 Å². The van der Waals surface area contributed by atoms with Crippen molar-refractivity contribution in [2.24, 2.45) is 0 Å². The van der Waals surface area contributed by atoms with Gasteiger partial charge in [0.05, 0.1) is 12.1 Å². The number of hydrogen-bond acceptors (Lipinski definition) is 2. The largest absolute Gasteiger partial charge is 0.390 e. The maximum atomic E-state index is 12.1. The van der Waals surface area contributed by atoms with E-state index in [4.69, 9.17) is 0 Å². The van der Waals surface area contributed by atoms with Crippen molar-refractivity contribution in [3.05, 3.63) is 11.9 Å². The van der Waals surface area contributed by atoms with E-state index in [0.29, 0.717) is 5.95 Å². The van der Waals surface area contributed by atoms with E-state index in [0.717, 1.165) is 25.1 Å². The number of anilines is 1. The molecule has 0 aliphatic carbocycles. The molecule has 0 amide bonds. The molecule has 6 heteroatoms. The highest BCUT2D eigenvalue weighted by Crippen LogP contribution is 2.21. The SMILES string of the molecule is CCCCNc1nc(C)cn1CCC(F)(F)F. The predicted octanol–water partition coefficient (Wildman–Crippen LogP) is 3.36. The number of nitrogens with zero attached hydrogens (tertiary/aromatic N) is 2. The molecule has 0 aliphatic heterocycles. The molecule has 0 saturated heterocycles. The average molecular weight is 249 g/mol. The number of alkyl halides is 3. The van der Waals surface area contributed by atoms with Gasteiger partial charge in [-0.15, -0.1) is 0 Å². The molecule has 0 unspecified atom stereocenters. The minimum Gasteiger partial charge on any atom is -0.356 e. The van der Waals surface area contributed by atoms with Crippen LogP contribution in [-0.4, -0.2) is 22.3 Å². The van der Waals surface area contributed by atoms with Crippen molar-refractivity contribution in [3.8, 4) is 0 Å². The number of hydrogen-bond donors (Lipinski definition) is 1. The Hall–Kier alpha value is -1.20. The first-order chi connectivity index (χ1) is 7.92. The van der Waals surface area contributed by atoms with E-state index >= 15 is 0 Å². The molecule has 0 saturated carbocycles. The van der Waals surface area contributed by atoms with Crippen LogP contribution < -0.4 is 5.32 Å². The molecular formula is C11H18F3N3. The van der Waals surface area contributed by atoms with E-state index in [1.807, 2.05) is 0 Å². The molecule has 0 aliphatic rings. The summed E-state index contributed by atoms with van der Waals surface area (Å²) >= 11 is 0. The van der Waals surface area contributed by atoms with Gasteiger partial charge in [-0.3, -0.25) is 0 Å². The second kappa shape index (κ2) is 5.93. The lowest BCUT2D eigenvalue weighted by molar-refractivity contribution is -0.136. The van der Waals surface area contributed by atoms with Crippen LogP contribution in [0.25, 0.3) is 0 Å². The number of aromatic nitrogens is 2. The van der Waals surface area contributed by atoms with Gasteiger partial charge in [-0.05, 0) is 13.3 Å². The summed E-state index contributed by atoms with van der Waals surface area (Å²) in [7, 11) is 0. The molecule has 1 N–H and O–H groups in total. The Kier molecular flexibility index (Phi) is 4.84. The van der Waals surface area contributed by atoms with Crippen LogP contribution in [0.2, 0.25) is 0 Å². The molecule has 0 radical (unpaired) electrons. The number of nitrogens with one attached hydrogen (secondary N) is 1. The highest BCUT2D eigenvalue weighted by molar-refractivity contribution is 5.28. The molecule has 0 atom stereocenters. The van der Waals surface area contributed by atoms with Gasteiger partial charge >= 0.3 is 6.18 Å². The van der Waals surface area contributed by atoms with Crippen molar-refractivity contribution in [1.29, 1.82) is 0 Å². The normalized spacial score (nSPS) is 11.8. The lowest BCUT2D eigenvalue weighted by atomic mass is 10.3. The summed E-state index contributed by atoms with van der Waals surface area (Å²) in [5.74, 6) is 0.528. The van der Waals surface area contributed by atoms with Crippen molar-refractivity contribution < 1.29 is 13.2 Å². The van der Waals surface area contributed by atoms with Crippen molar-refractivity contribution in [1.82, 2.24) is 9.55 Å². The predicted molar refractivity (Wildman–Crippen MR) is 61.0 cm³/mol. The maximum Gasteiger partial charge on any atom is 0.390 e. The first kappa shape index (κ1) is 13.9. The van der Waals surface area contributed by atoms with Crippen LogP contribution in [0.15, 0.2) is 6.20 Å². The summed E-state index contributed by atoms with van der Waals surface area (Å²) in [6.45, 7) is 4.48. The Labute approximate surface area is 99.0 Å². The van der Waals surface area contributed by atoms with E-state index in [1.54, 1.807) is 13.1 Å². The van der Waals surface area contributed by atoms with Gasteiger partial charge in [0.25, 0.3) is 0 Å². The standard InChI is InChI=1S/C11H18F3N3/c1-3-4-6-15-10-16-9(2)8-17(10)7-5-11(12,13)14/h8H,3-7H2,1-2H3,(H,15,16).